The number of phosphoric acid groups is 2. The Morgan fingerprint density at radius 3 is 0.522 bits per heavy atom. The van der Waals surface area contributed by atoms with Crippen molar-refractivity contribution >= 4 is 39.5 Å². The minimum absolute atomic E-state index is 0.109. The minimum Gasteiger partial charge on any atom is -0.462 e. The third kappa shape index (κ3) is 87.7. The van der Waals surface area contributed by atoms with E-state index in [4.69, 9.17) is 37.0 Å². The number of unbranched alkanes of at least 4 members (excludes halogenated alkanes) is 69. The first kappa shape index (κ1) is 111. The highest BCUT2D eigenvalue weighted by Crippen LogP contribution is 2.45. The largest absolute Gasteiger partial charge is 0.472 e. The summed E-state index contributed by atoms with van der Waals surface area (Å²) < 4.78 is 69.0. The first-order valence-corrected chi connectivity index (χ1v) is 51.8. The lowest BCUT2D eigenvalue weighted by atomic mass is 10.0. The summed E-state index contributed by atoms with van der Waals surface area (Å²) in [5.74, 6) is -2.09. The third-order valence-electron chi connectivity index (χ3n) is 22.4. The number of carbonyl (C=O) groups excluding carboxylic acids is 4. The van der Waals surface area contributed by atoms with Crippen LogP contribution in [-0.4, -0.2) is 96.7 Å². The van der Waals surface area contributed by atoms with Gasteiger partial charge in [-0.3, -0.25) is 37.3 Å². The predicted octanol–water partition coefficient (Wildman–Crippen LogP) is 29.6. The molecule has 0 saturated heterocycles. The molecule has 17 nitrogen and oxygen atoms in total. The van der Waals surface area contributed by atoms with Crippen LogP contribution in [0.2, 0.25) is 0 Å². The van der Waals surface area contributed by atoms with Gasteiger partial charge in [0.2, 0.25) is 0 Å². The summed E-state index contributed by atoms with van der Waals surface area (Å²) >= 11 is 0. The maximum absolute atomic E-state index is 13.2. The summed E-state index contributed by atoms with van der Waals surface area (Å²) in [6, 6.07) is 0. The van der Waals surface area contributed by atoms with Gasteiger partial charge >= 0.3 is 39.5 Å². The molecule has 0 amide bonds. The van der Waals surface area contributed by atoms with E-state index in [9.17, 15) is 43.2 Å². The molecule has 0 aliphatic carbocycles. The third-order valence-corrected chi connectivity index (χ3v) is 24.3. The topological polar surface area (TPSA) is 237 Å². The highest BCUT2D eigenvalue weighted by atomic mass is 31.2. The molecule has 3 N–H and O–H groups in total. The van der Waals surface area contributed by atoms with Crippen LogP contribution < -0.4 is 0 Å². The number of aliphatic hydroxyl groups is 1. The number of ether oxygens (including phenoxy) is 4. The van der Waals surface area contributed by atoms with Crippen LogP contribution in [0.1, 0.15) is 522 Å². The maximum Gasteiger partial charge on any atom is 0.472 e. The van der Waals surface area contributed by atoms with E-state index >= 15 is 0 Å². The van der Waals surface area contributed by atoms with Gasteiger partial charge in [0.15, 0.2) is 12.2 Å². The van der Waals surface area contributed by atoms with Crippen LogP contribution in [0.15, 0.2) is 0 Å². The number of esters is 4. The number of carbonyl (C=O) groups is 4. The molecule has 5 atom stereocenters. The number of phosphoric ester groups is 2. The van der Waals surface area contributed by atoms with Crippen molar-refractivity contribution in [2.24, 2.45) is 0 Å². The second-order valence-electron chi connectivity index (χ2n) is 33.8. The fourth-order valence-corrected chi connectivity index (χ4v) is 16.5. The molecule has 672 valence electrons. The monoisotopic (exact) mass is 1650 g/mol. The average Bonchev–Trinajstić information content (AvgIpc) is 0.893. The van der Waals surface area contributed by atoms with Crippen LogP contribution in [0, 0.1) is 0 Å². The molecule has 2 unspecified atom stereocenters. The highest BCUT2D eigenvalue weighted by molar-refractivity contribution is 7.47. The molecule has 0 fully saturated rings. The van der Waals surface area contributed by atoms with Gasteiger partial charge < -0.3 is 33.8 Å². The molecule has 0 heterocycles. The van der Waals surface area contributed by atoms with Gasteiger partial charge in [0.05, 0.1) is 26.4 Å². The lowest BCUT2D eigenvalue weighted by molar-refractivity contribution is -0.161. The van der Waals surface area contributed by atoms with E-state index in [1.165, 1.54) is 353 Å². The van der Waals surface area contributed by atoms with Gasteiger partial charge in [-0.1, -0.05) is 471 Å². The van der Waals surface area contributed by atoms with Gasteiger partial charge in [0.1, 0.15) is 19.3 Å². The Hall–Kier alpha value is -1.94. The van der Waals surface area contributed by atoms with Crippen molar-refractivity contribution in [2.45, 2.75) is 540 Å². The van der Waals surface area contributed by atoms with Gasteiger partial charge in [0.25, 0.3) is 0 Å². The smallest absolute Gasteiger partial charge is 0.462 e. The molecule has 0 aromatic rings. The Labute approximate surface area is 696 Å². The zero-order valence-corrected chi connectivity index (χ0v) is 76.2. The molecule has 0 rings (SSSR count). The molecule has 113 heavy (non-hydrogen) atoms. The molecule has 0 radical (unpaired) electrons. The number of rotatable bonds is 95. The highest BCUT2D eigenvalue weighted by Gasteiger charge is 2.31. The van der Waals surface area contributed by atoms with Crippen LogP contribution in [-0.2, 0) is 65.4 Å². The van der Waals surface area contributed by atoms with Crippen LogP contribution >= 0.6 is 15.6 Å². The molecule has 0 spiro atoms. The van der Waals surface area contributed by atoms with Crippen molar-refractivity contribution in [1.82, 2.24) is 0 Å². The van der Waals surface area contributed by atoms with E-state index in [1.54, 1.807) is 0 Å². The van der Waals surface area contributed by atoms with Gasteiger partial charge in [-0.2, -0.15) is 0 Å². The van der Waals surface area contributed by atoms with Crippen LogP contribution in [0.4, 0.5) is 0 Å². The van der Waals surface area contributed by atoms with Gasteiger partial charge in [0, 0.05) is 25.7 Å². The molecule has 0 aromatic carbocycles. The van der Waals surface area contributed by atoms with E-state index in [1.807, 2.05) is 0 Å². The minimum atomic E-state index is -4.97. The normalized spacial score (nSPS) is 13.6. The standard InChI is InChI=1S/C94H184O17P2/c1-5-9-13-17-21-25-28-31-34-37-40-43-46-48-51-54-57-60-63-67-71-75-79-92(97)105-85-90(111-94(99)81-77-73-69-65-62-59-56-53-50-47-44-41-38-35-32-29-26-22-18-14-10-6-2)87-109-113(102,103)107-83-88(95)82-106-112(100,101)108-86-89(84-104-91(96)78-74-70-66-24-20-16-12-8-4)110-93(98)80-76-72-68-64-61-58-55-52-49-45-42-39-36-33-30-27-23-19-15-11-7-3/h88-90,95H,5-87H2,1-4H3,(H,100,101)(H,102,103)/t88-,89+,90+/m0/s1. The first-order chi connectivity index (χ1) is 55.2. The van der Waals surface area contributed by atoms with E-state index < -0.39 is 97.5 Å². The Morgan fingerprint density at radius 1 is 0.212 bits per heavy atom. The summed E-state index contributed by atoms with van der Waals surface area (Å²) in [4.78, 5) is 73.4. The van der Waals surface area contributed by atoms with Crippen LogP contribution in [0.3, 0.4) is 0 Å². The zero-order chi connectivity index (χ0) is 82.4. The predicted molar refractivity (Wildman–Crippen MR) is 469 cm³/mol. The Bertz CT molecular complexity index is 2120. The summed E-state index contributed by atoms with van der Waals surface area (Å²) in [6.45, 7) is 5.07. The number of aliphatic hydroxyl groups excluding tert-OH is 1. The fraction of sp³-hybridized carbons (Fsp3) is 0.957. The number of hydrogen-bond donors (Lipinski definition) is 3. The quantitative estimate of drug-likeness (QED) is 0.0222. The maximum atomic E-state index is 13.2. The molecule has 19 heteroatoms. The van der Waals surface area contributed by atoms with Crippen molar-refractivity contribution in [1.29, 1.82) is 0 Å². The van der Waals surface area contributed by atoms with Crippen molar-refractivity contribution < 1.29 is 80.2 Å². The van der Waals surface area contributed by atoms with Crippen LogP contribution in [0.5, 0.6) is 0 Å². The summed E-state index contributed by atoms with van der Waals surface area (Å²) in [5, 5.41) is 10.7. The van der Waals surface area contributed by atoms with Gasteiger partial charge in [-0.25, -0.2) is 9.13 Å². The summed E-state index contributed by atoms with van der Waals surface area (Å²) in [5.41, 5.74) is 0. The van der Waals surface area contributed by atoms with Crippen molar-refractivity contribution in [3.05, 3.63) is 0 Å². The Morgan fingerprint density at radius 2 is 0.354 bits per heavy atom. The van der Waals surface area contributed by atoms with Crippen molar-refractivity contribution in [2.75, 3.05) is 39.6 Å². The Kier molecular flexibility index (Phi) is 86.4. The van der Waals surface area contributed by atoms with Crippen LogP contribution in [0.25, 0.3) is 0 Å². The van der Waals surface area contributed by atoms with Crippen molar-refractivity contribution in [3.8, 4) is 0 Å². The summed E-state index contributed by atoms with van der Waals surface area (Å²) in [7, 11) is -9.93. The van der Waals surface area contributed by atoms with Gasteiger partial charge in [-0.05, 0) is 25.7 Å². The number of hydrogen-bond acceptors (Lipinski definition) is 15. The van der Waals surface area contributed by atoms with E-state index in [-0.39, 0.29) is 25.7 Å². The van der Waals surface area contributed by atoms with E-state index in [0.29, 0.717) is 25.7 Å². The lowest BCUT2D eigenvalue weighted by Crippen LogP contribution is -2.30. The average molecular weight is 1650 g/mol. The lowest BCUT2D eigenvalue weighted by Gasteiger charge is -2.21. The SMILES string of the molecule is CCCCCCCCCCCCCCCCCCCCCCCCC(=O)OC[C@H](COP(=O)(O)OC[C@@H](O)COP(=O)(O)OC[C@@H](COC(=O)CCCCCCCCCC)OC(=O)CCCCCCCCCCCCCCCCCCCCCCC)OC(=O)CCCCCCCCCCCCCCCCCCCCCCCC. The first-order valence-electron chi connectivity index (χ1n) is 48.8. The molecule has 0 saturated carbocycles. The molecular weight excluding hydrogens is 1460 g/mol. The summed E-state index contributed by atoms with van der Waals surface area (Å²) in [6.07, 6.45) is 86.6. The van der Waals surface area contributed by atoms with Gasteiger partial charge in [-0.15, -0.1) is 0 Å². The molecular formula is C94H184O17P2. The van der Waals surface area contributed by atoms with E-state index in [2.05, 4.69) is 27.7 Å². The van der Waals surface area contributed by atoms with Crippen molar-refractivity contribution in [3.63, 3.8) is 0 Å². The molecule has 0 bridgehead atoms. The zero-order valence-electron chi connectivity index (χ0n) is 74.4. The second-order valence-corrected chi connectivity index (χ2v) is 36.7. The second kappa shape index (κ2) is 87.9. The fourth-order valence-electron chi connectivity index (χ4n) is 14.9. The van der Waals surface area contributed by atoms with E-state index in [0.717, 1.165) is 89.9 Å². The molecule has 0 aliphatic heterocycles. The molecule has 0 aromatic heterocycles. The molecule has 0 aliphatic rings. The Balaban J connectivity index is 5.15.